The number of fused-ring (bicyclic) bond motifs is 4. The molecule has 0 saturated carbocycles. The van der Waals surface area contributed by atoms with Gasteiger partial charge in [0, 0.05) is 22.3 Å². The third-order valence-electron chi connectivity index (χ3n) is 9.09. The van der Waals surface area contributed by atoms with Crippen molar-refractivity contribution in [2.75, 3.05) is 23.7 Å². The van der Waals surface area contributed by atoms with E-state index < -0.39 is 41.5 Å². The van der Waals surface area contributed by atoms with Crippen LogP contribution < -0.4 is 19.8 Å². The molecule has 55 heavy (non-hydrogen) atoms. The van der Waals surface area contributed by atoms with E-state index in [1.165, 1.54) is 11.1 Å². The molecule has 1 aromatic heterocycles. The molecule has 13 heteroatoms. The first-order valence-corrected chi connectivity index (χ1v) is 19.4. The molecule has 0 fully saturated rings. The van der Waals surface area contributed by atoms with Crippen LogP contribution in [0.4, 0.5) is 21.1 Å². The molecule has 1 N–H and O–H groups in total. The van der Waals surface area contributed by atoms with Gasteiger partial charge in [-0.15, -0.1) is 0 Å². The fourth-order valence-corrected chi connectivity index (χ4v) is 7.47. The highest BCUT2D eigenvalue weighted by Crippen LogP contribution is 2.52. The number of amides is 2. The number of ether oxygens (including phenoxy) is 5. The predicted molar refractivity (Wildman–Crippen MR) is 212 cm³/mol. The number of carbonyl (C=O) groups excluding carboxylic acids is 3. The van der Waals surface area contributed by atoms with Gasteiger partial charge in [-0.2, -0.15) is 10.0 Å². The van der Waals surface area contributed by atoms with Crippen molar-refractivity contribution in [1.82, 2.24) is 9.99 Å². The monoisotopic (exact) mass is 818 g/mol. The van der Waals surface area contributed by atoms with Crippen LogP contribution in [-0.2, 0) is 31.8 Å². The standard InChI is InChI=1S/C42H51BrN4O8/c1-40(2,3)53-36(48)23-46(38(49)54-41(4,5)6)47(39(50)55-42(7,8)9)35-18-16-26(22-44-35)14-13-25-15-17-32-29(19-25)27-11-10-12-28(27)37(45-32)30-20-33-34(21-31(30)43)52-24-51-33/h10-11,15-22,27-28,37,45H,12-14,23-24H2,1-9H3. The van der Waals surface area contributed by atoms with Crippen molar-refractivity contribution in [2.45, 2.75) is 110 Å². The van der Waals surface area contributed by atoms with Gasteiger partial charge in [0.15, 0.2) is 17.3 Å². The fraction of sp³-hybridized carbons (Fsp3) is 0.476. The first-order chi connectivity index (χ1) is 25.7. The van der Waals surface area contributed by atoms with Crippen LogP contribution in [0.5, 0.6) is 11.5 Å². The molecule has 1 aliphatic carbocycles. The summed E-state index contributed by atoms with van der Waals surface area (Å²) in [6.45, 7) is 15.0. The van der Waals surface area contributed by atoms with Gasteiger partial charge in [-0.1, -0.05) is 46.3 Å². The first kappa shape index (κ1) is 39.9. The average Bonchev–Trinajstić information content (AvgIpc) is 3.75. The molecule has 3 aliphatic rings. The van der Waals surface area contributed by atoms with E-state index in [2.05, 4.69) is 62.6 Å². The summed E-state index contributed by atoms with van der Waals surface area (Å²) in [4.78, 5) is 45.0. The second-order valence-corrected chi connectivity index (χ2v) is 17.9. The van der Waals surface area contributed by atoms with Gasteiger partial charge in [-0.3, -0.25) is 4.79 Å². The van der Waals surface area contributed by atoms with Crippen molar-refractivity contribution < 1.29 is 38.1 Å². The number of nitrogens with one attached hydrogen (secondary N) is 1. The summed E-state index contributed by atoms with van der Waals surface area (Å²) in [5.41, 5.74) is 2.99. The number of aromatic nitrogens is 1. The molecule has 3 heterocycles. The summed E-state index contributed by atoms with van der Waals surface area (Å²) in [6, 6.07) is 14.3. The van der Waals surface area contributed by atoms with Gasteiger partial charge in [0.2, 0.25) is 6.79 Å². The van der Waals surface area contributed by atoms with Gasteiger partial charge in [-0.05, 0) is 134 Å². The number of anilines is 2. The van der Waals surface area contributed by atoms with Gasteiger partial charge >= 0.3 is 18.2 Å². The summed E-state index contributed by atoms with van der Waals surface area (Å²) >= 11 is 3.78. The number of aryl methyl sites for hydroxylation is 2. The maximum absolute atomic E-state index is 13.7. The molecule has 2 aromatic carbocycles. The number of benzene rings is 2. The lowest BCUT2D eigenvalue weighted by Gasteiger charge is -2.38. The Labute approximate surface area is 331 Å². The lowest BCUT2D eigenvalue weighted by atomic mass is 9.76. The Balaban J connectivity index is 1.21. The normalized spacial score (nSPS) is 18.5. The smallest absolute Gasteiger partial charge is 0.435 e. The number of esters is 1. The number of halogens is 1. The van der Waals surface area contributed by atoms with E-state index in [1.54, 1.807) is 74.6 Å². The van der Waals surface area contributed by atoms with E-state index in [0.717, 1.165) is 55.6 Å². The average molecular weight is 820 g/mol. The minimum atomic E-state index is -0.939. The highest BCUT2D eigenvalue weighted by Gasteiger charge is 2.40. The summed E-state index contributed by atoms with van der Waals surface area (Å²) in [7, 11) is 0. The zero-order valence-corrected chi connectivity index (χ0v) is 34.6. The topological polar surface area (TPSA) is 129 Å². The zero-order valence-electron chi connectivity index (χ0n) is 33.0. The van der Waals surface area contributed by atoms with Gasteiger partial charge in [0.25, 0.3) is 0 Å². The molecule has 0 spiro atoms. The van der Waals surface area contributed by atoms with Crippen molar-refractivity contribution in [3.63, 3.8) is 0 Å². The van der Waals surface area contributed by atoms with E-state index >= 15 is 0 Å². The largest absolute Gasteiger partial charge is 0.459 e. The summed E-state index contributed by atoms with van der Waals surface area (Å²) in [5.74, 6) is 1.48. The van der Waals surface area contributed by atoms with Gasteiger partial charge < -0.3 is 29.0 Å². The van der Waals surface area contributed by atoms with E-state index in [9.17, 15) is 14.4 Å². The summed E-state index contributed by atoms with van der Waals surface area (Å²) < 4.78 is 29.1. The molecule has 294 valence electrons. The second-order valence-electron chi connectivity index (χ2n) is 17.1. The van der Waals surface area contributed by atoms with Crippen LogP contribution in [0.3, 0.4) is 0 Å². The predicted octanol–water partition coefficient (Wildman–Crippen LogP) is 9.42. The first-order valence-electron chi connectivity index (χ1n) is 18.6. The van der Waals surface area contributed by atoms with Crippen molar-refractivity contribution in [1.29, 1.82) is 0 Å². The lowest BCUT2D eigenvalue weighted by molar-refractivity contribution is -0.156. The Kier molecular flexibility index (Phi) is 11.2. The van der Waals surface area contributed by atoms with E-state index in [1.807, 2.05) is 12.1 Å². The molecule has 0 bridgehead atoms. The minimum Gasteiger partial charge on any atom is -0.459 e. The molecular weight excluding hydrogens is 768 g/mol. The van der Waals surface area contributed by atoms with E-state index in [-0.39, 0.29) is 24.6 Å². The SMILES string of the molecule is CC(C)(C)OC(=O)CN(C(=O)OC(C)(C)C)N(C(=O)OC(C)(C)C)c1ccc(CCc2ccc3c(c2)C2C=CCC2C(c2cc4c(cc2Br)OCO4)N3)cn1. The van der Waals surface area contributed by atoms with E-state index in [0.29, 0.717) is 12.3 Å². The quantitative estimate of drug-likeness (QED) is 0.107. The number of carbonyl (C=O) groups is 3. The zero-order chi connectivity index (χ0) is 39.9. The molecule has 6 rings (SSSR count). The van der Waals surface area contributed by atoms with Crippen LogP contribution in [0, 0.1) is 5.92 Å². The van der Waals surface area contributed by atoms with Crippen LogP contribution in [0.2, 0.25) is 0 Å². The Hall–Kier alpha value is -4.78. The van der Waals surface area contributed by atoms with Crippen LogP contribution in [0.25, 0.3) is 0 Å². The molecular formula is C42H51BrN4O8. The Bertz CT molecular complexity index is 1960. The molecule has 0 saturated heterocycles. The van der Waals surface area contributed by atoms with Gasteiger partial charge in [0.05, 0.1) is 6.04 Å². The van der Waals surface area contributed by atoms with Crippen molar-refractivity contribution in [2.24, 2.45) is 5.92 Å². The number of hydrogen-bond acceptors (Lipinski definition) is 10. The molecule has 2 amide bonds. The fourth-order valence-electron chi connectivity index (χ4n) is 6.91. The van der Waals surface area contributed by atoms with Crippen molar-refractivity contribution in [3.8, 4) is 11.5 Å². The van der Waals surface area contributed by atoms with Gasteiger partial charge in [0.1, 0.15) is 23.3 Å². The Morgan fingerprint density at radius 2 is 1.45 bits per heavy atom. The number of hydrogen-bond donors (Lipinski definition) is 1. The highest BCUT2D eigenvalue weighted by molar-refractivity contribution is 9.10. The maximum atomic E-state index is 13.7. The van der Waals surface area contributed by atoms with Crippen LogP contribution >= 0.6 is 15.9 Å². The van der Waals surface area contributed by atoms with E-state index in [4.69, 9.17) is 23.7 Å². The van der Waals surface area contributed by atoms with Crippen molar-refractivity contribution in [3.05, 3.63) is 87.5 Å². The second kappa shape index (κ2) is 15.4. The Morgan fingerprint density at radius 3 is 2.11 bits per heavy atom. The Morgan fingerprint density at radius 1 is 0.818 bits per heavy atom. The van der Waals surface area contributed by atoms with Crippen LogP contribution in [-0.4, -0.2) is 58.3 Å². The minimum absolute atomic E-state index is 0.0787. The lowest BCUT2D eigenvalue weighted by Crippen LogP contribution is -2.55. The number of nitrogens with zero attached hydrogens (tertiary/aromatic N) is 3. The molecule has 12 nitrogen and oxygen atoms in total. The van der Waals surface area contributed by atoms with Gasteiger partial charge in [-0.25, -0.2) is 14.6 Å². The molecule has 0 radical (unpaired) electrons. The van der Waals surface area contributed by atoms with Crippen LogP contribution in [0.1, 0.15) is 103 Å². The molecule has 2 aliphatic heterocycles. The van der Waals surface area contributed by atoms with Crippen molar-refractivity contribution >= 4 is 45.6 Å². The molecule has 3 aromatic rings. The third-order valence-corrected chi connectivity index (χ3v) is 9.78. The number of pyridine rings is 1. The number of allylic oxidation sites excluding steroid dienone is 2. The summed E-state index contributed by atoms with van der Waals surface area (Å²) in [5, 5.41) is 5.63. The third kappa shape index (κ3) is 9.73. The number of rotatable bonds is 7. The molecule has 3 unspecified atom stereocenters. The number of hydrazine groups is 1. The maximum Gasteiger partial charge on any atom is 0.435 e. The molecule has 3 atom stereocenters. The highest BCUT2D eigenvalue weighted by atomic mass is 79.9. The van der Waals surface area contributed by atoms with Crippen LogP contribution in [0.15, 0.2) is 65.3 Å². The summed E-state index contributed by atoms with van der Waals surface area (Å²) in [6.07, 6.45) is 6.82.